The SMILES string of the molecule is COC(=O)CC1CCCC1=C(C)C. The average molecular weight is 182 g/mol. The zero-order valence-electron chi connectivity index (χ0n) is 8.72. The molecule has 2 nitrogen and oxygen atoms in total. The standard InChI is InChI=1S/C11H18O2/c1-8(2)10-6-4-5-9(10)7-11(12)13-3/h9H,4-7H2,1-3H3. The van der Waals surface area contributed by atoms with Gasteiger partial charge in [0.15, 0.2) is 0 Å². The van der Waals surface area contributed by atoms with Crippen LogP contribution in [0.15, 0.2) is 11.1 Å². The molecule has 1 saturated carbocycles. The van der Waals surface area contributed by atoms with Crippen molar-refractivity contribution in [2.24, 2.45) is 5.92 Å². The van der Waals surface area contributed by atoms with Crippen LogP contribution >= 0.6 is 0 Å². The fourth-order valence-electron chi connectivity index (χ4n) is 2.09. The predicted molar refractivity (Wildman–Crippen MR) is 52.3 cm³/mol. The summed E-state index contributed by atoms with van der Waals surface area (Å²) >= 11 is 0. The minimum absolute atomic E-state index is 0.0781. The minimum atomic E-state index is -0.0781. The van der Waals surface area contributed by atoms with Crippen LogP contribution in [0, 0.1) is 5.92 Å². The summed E-state index contributed by atoms with van der Waals surface area (Å²) in [5, 5.41) is 0. The molecule has 0 N–H and O–H groups in total. The Morgan fingerprint density at radius 2 is 2.23 bits per heavy atom. The van der Waals surface area contributed by atoms with E-state index in [0.29, 0.717) is 12.3 Å². The minimum Gasteiger partial charge on any atom is -0.469 e. The van der Waals surface area contributed by atoms with Crippen molar-refractivity contribution in [3.63, 3.8) is 0 Å². The van der Waals surface area contributed by atoms with Crippen molar-refractivity contribution in [2.75, 3.05) is 7.11 Å². The number of esters is 1. The summed E-state index contributed by atoms with van der Waals surface area (Å²) in [6.07, 6.45) is 4.11. The number of carbonyl (C=O) groups is 1. The Morgan fingerprint density at radius 1 is 1.54 bits per heavy atom. The Morgan fingerprint density at radius 3 is 2.77 bits per heavy atom. The summed E-state index contributed by atoms with van der Waals surface area (Å²) < 4.78 is 4.68. The summed E-state index contributed by atoms with van der Waals surface area (Å²) in [7, 11) is 1.46. The highest BCUT2D eigenvalue weighted by Crippen LogP contribution is 2.35. The first kappa shape index (κ1) is 10.3. The van der Waals surface area contributed by atoms with Crippen LogP contribution in [0.4, 0.5) is 0 Å². The average Bonchev–Trinajstić information content (AvgIpc) is 2.52. The van der Waals surface area contributed by atoms with E-state index in [4.69, 9.17) is 0 Å². The molecule has 0 aromatic heterocycles. The first-order valence-corrected chi connectivity index (χ1v) is 4.88. The molecule has 1 atom stereocenters. The Hall–Kier alpha value is -0.790. The van der Waals surface area contributed by atoms with Gasteiger partial charge in [0.1, 0.15) is 0 Å². The first-order chi connectivity index (χ1) is 6.15. The maximum absolute atomic E-state index is 11.1. The maximum atomic E-state index is 11.1. The quantitative estimate of drug-likeness (QED) is 0.485. The van der Waals surface area contributed by atoms with Crippen LogP contribution < -0.4 is 0 Å². The van der Waals surface area contributed by atoms with Gasteiger partial charge in [0.2, 0.25) is 0 Å². The van der Waals surface area contributed by atoms with Crippen LogP contribution in [0.25, 0.3) is 0 Å². The molecule has 13 heavy (non-hydrogen) atoms. The lowest BCUT2D eigenvalue weighted by atomic mass is 9.96. The van der Waals surface area contributed by atoms with Crippen molar-refractivity contribution >= 4 is 5.97 Å². The third-order valence-corrected chi connectivity index (χ3v) is 2.77. The van der Waals surface area contributed by atoms with Gasteiger partial charge in [0.25, 0.3) is 0 Å². The second kappa shape index (κ2) is 4.45. The van der Waals surface area contributed by atoms with Crippen molar-refractivity contribution in [1.82, 2.24) is 0 Å². The smallest absolute Gasteiger partial charge is 0.306 e. The molecule has 0 bridgehead atoms. The number of carbonyl (C=O) groups excluding carboxylic acids is 1. The molecular weight excluding hydrogens is 164 g/mol. The van der Waals surface area contributed by atoms with E-state index in [9.17, 15) is 4.79 Å². The van der Waals surface area contributed by atoms with Gasteiger partial charge in [-0.25, -0.2) is 0 Å². The molecule has 0 heterocycles. The second-order valence-corrected chi connectivity index (χ2v) is 3.89. The van der Waals surface area contributed by atoms with Crippen molar-refractivity contribution < 1.29 is 9.53 Å². The Balaban J connectivity index is 2.60. The van der Waals surface area contributed by atoms with Gasteiger partial charge in [0, 0.05) is 0 Å². The lowest BCUT2D eigenvalue weighted by molar-refractivity contribution is -0.141. The van der Waals surface area contributed by atoms with E-state index in [1.54, 1.807) is 0 Å². The van der Waals surface area contributed by atoms with E-state index < -0.39 is 0 Å². The van der Waals surface area contributed by atoms with Crippen LogP contribution in [0.2, 0.25) is 0 Å². The third kappa shape index (κ3) is 2.58. The van der Waals surface area contributed by atoms with Gasteiger partial charge >= 0.3 is 5.97 Å². The topological polar surface area (TPSA) is 26.3 Å². The molecular formula is C11H18O2. The molecule has 0 radical (unpaired) electrons. The van der Waals surface area contributed by atoms with Crippen LogP contribution in [-0.4, -0.2) is 13.1 Å². The third-order valence-electron chi connectivity index (χ3n) is 2.77. The molecule has 74 valence electrons. The number of hydrogen-bond donors (Lipinski definition) is 0. The van der Waals surface area contributed by atoms with Gasteiger partial charge < -0.3 is 4.74 Å². The molecule has 0 aromatic carbocycles. The summed E-state index contributed by atoms with van der Waals surface area (Å²) in [6, 6.07) is 0. The first-order valence-electron chi connectivity index (χ1n) is 4.88. The number of allylic oxidation sites excluding steroid dienone is 2. The lowest BCUT2D eigenvalue weighted by Gasteiger charge is -2.11. The van der Waals surface area contributed by atoms with E-state index >= 15 is 0 Å². The molecule has 1 fully saturated rings. The Bertz CT molecular complexity index is 224. The molecule has 0 aliphatic heterocycles. The predicted octanol–water partition coefficient (Wildman–Crippen LogP) is 2.69. The van der Waals surface area contributed by atoms with Gasteiger partial charge in [-0.05, 0) is 39.0 Å². The Labute approximate surface area is 80.0 Å². The summed E-state index contributed by atoms with van der Waals surface area (Å²) in [4.78, 5) is 11.1. The van der Waals surface area contributed by atoms with Gasteiger partial charge in [-0.1, -0.05) is 11.1 Å². The van der Waals surface area contributed by atoms with Crippen molar-refractivity contribution in [3.8, 4) is 0 Å². The number of hydrogen-bond acceptors (Lipinski definition) is 2. The van der Waals surface area contributed by atoms with Crippen molar-refractivity contribution in [1.29, 1.82) is 0 Å². The molecule has 1 aliphatic carbocycles. The number of methoxy groups -OCH3 is 1. The summed E-state index contributed by atoms with van der Waals surface area (Å²) in [5.74, 6) is 0.378. The van der Waals surface area contributed by atoms with Crippen molar-refractivity contribution in [2.45, 2.75) is 39.5 Å². The zero-order valence-corrected chi connectivity index (χ0v) is 8.72. The Kier molecular flexibility index (Phi) is 3.52. The normalized spacial score (nSPS) is 21.8. The molecule has 1 unspecified atom stereocenters. The van der Waals surface area contributed by atoms with E-state index in [1.807, 2.05) is 0 Å². The number of ether oxygens (including phenoxy) is 1. The van der Waals surface area contributed by atoms with E-state index in [0.717, 1.165) is 6.42 Å². The monoisotopic (exact) mass is 182 g/mol. The molecule has 1 rings (SSSR count). The zero-order chi connectivity index (χ0) is 9.84. The van der Waals surface area contributed by atoms with Crippen molar-refractivity contribution in [3.05, 3.63) is 11.1 Å². The molecule has 0 amide bonds. The molecule has 0 aromatic rings. The van der Waals surface area contributed by atoms with E-state index in [-0.39, 0.29) is 5.97 Å². The lowest BCUT2D eigenvalue weighted by Crippen LogP contribution is -2.08. The summed E-state index contributed by atoms with van der Waals surface area (Å²) in [5.41, 5.74) is 2.86. The van der Waals surface area contributed by atoms with Crippen LogP contribution in [0.1, 0.15) is 39.5 Å². The van der Waals surface area contributed by atoms with Gasteiger partial charge in [-0.3, -0.25) is 4.79 Å². The summed E-state index contributed by atoms with van der Waals surface area (Å²) in [6.45, 7) is 4.26. The van der Waals surface area contributed by atoms with Crippen LogP contribution in [0.5, 0.6) is 0 Å². The van der Waals surface area contributed by atoms with Gasteiger partial charge in [-0.15, -0.1) is 0 Å². The van der Waals surface area contributed by atoms with E-state index in [2.05, 4.69) is 18.6 Å². The fourth-order valence-corrected chi connectivity index (χ4v) is 2.09. The van der Waals surface area contributed by atoms with E-state index in [1.165, 1.54) is 31.1 Å². The van der Waals surface area contributed by atoms with Gasteiger partial charge in [-0.2, -0.15) is 0 Å². The van der Waals surface area contributed by atoms with Crippen LogP contribution in [-0.2, 0) is 9.53 Å². The molecule has 1 aliphatic rings. The largest absolute Gasteiger partial charge is 0.469 e. The molecule has 2 heteroatoms. The molecule has 0 spiro atoms. The highest BCUT2D eigenvalue weighted by Gasteiger charge is 2.24. The fraction of sp³-hybridized carbons (Fsp3) is 0.727. The number of rotatable bonds is 2. The molecule has 0 saturated heterocycles. The highest BCUT2D eigenvalue weighted by molar-refractivity contribution is 5.70. The maximum Gasteiger partial charge on any atom is 0.306 e. The highest BCUT2D eigenvalue weighted by atomic mass is 16.5. The van der Waals surface area contributed by atoms with Gasteiger partial charge in [0.05, 0.1) is 13.5 Å². The second-order valence-electron chi connectivity index (χ2n) is 3.89. The van der Waals surface area contributed by atoms with Crippen LogP contribution in [0.3, 0.4) is 0 Å².